The molecule has 1 atom stereocenters. The molecule has 0 bridgehead atoms. The molecule has 132 valence electrons. The molecule has 1 heterocycles. The Balaban J connectivity index is 2.11. The van der Waals surface area contributed by atoms with Gasteiger partial charge in [-0.05, 0) is 31.4 Å². The number of unbranched alkanes of at least 4 members (excludes halogenated alkanes) is 1. The molecule has 1 aliphatic rings. The normalized spacial score (nSPS) is 15.8. The van der Waals surface area contributed by atoms with Gasteiger partial charge in [-0.1, -0.05) is 18.2 Å². The van der Waals surface area contributed by atoms with Crippen LogP contribution in [0.4, 0.5) is 0 Å². The molecule has 0 saturated carbocycles. The average molecular weight is 333 g/mol. The maximum absolute atomic E-state index is 12.9. The number of rotatable bonds is 7. The first-order valence-corrected chi connectivity index (χ1v) is 8.57. The van der Waals surface area contributed by atoms with Crippen molar-refractivity contribution in [2.75, 3.05) is 39.8 Å². The van der Waals surface area contributed by atoms with Gasteiger partial charge in [0.25, 0.3) is 5.91 Å². The highest BCUT2D eigenvalue weighted by Crippen LogP contribution is 2.15. The zero-order valence-corrected chi connectivity index (χ0v) is 14.3. The zero-order chi connectivity index (χ0) is 17.4. The van der Waals surface area contributed by atoms with Crippen LogP contribution in [0.2, 0.25) is 0 Å². The van der Waals surface area contributed by atoms with Crippen LogP contribution >= 0.6 is 0 Å². The molecule has 1 aromatic carbocycles. The lowest BCUT2D eigenvalue weighted by atomic mass is 10.0. The number of carbonyl (C=O) groups is 2. The molecule has 1 fully saturated rings. The molecule has 6 nitrogen and oxygen atoms in total. The number of hydrogen-bond acceptors (Lipinski definition) is 4. The van der Waals surface area contributed by atoms with Crippen molar-refractivity contribution >= 4 is 11.8 Å². The molecular weight excluding hydrogens is 306 g/mol. The second kappa shape index (κ2) is 9.39. The molecule has 0 unspecified atom stereocenters. The number of nitrogens with zero attached hydrogens (tertiary/aromatic N) is 2. The third-order valence-corrected chi connectivity index (χ3v) is 4.41. The highest BCUT2D eigenvalue weighted by atomic mass is 16.3. The van der Waals surface area contributed by atoms with Crippen LogP contribution in [0.1, 0.15) is 29.6 Å². The summed E-state index contributed by atoms with van der Waals surface area (Å²) in [5, 5.41) is 12.2. The molecule has 1 aliphatic heterocycles. The van der Waals surface area contributed by atoms with Gasteiger partial charge in [-0.25, -0.2) is 0 Å². The summed E-state index contributed by atoms with van der Waals surface area (Å²) in [4.78, 5) is 29.0. The lowest BCUT2D eigenvalue weighted by molar-refractivity contribution is -0.136. The van der Waals surface area contributed by atoms with Gasteiger partial charge in [-0.2, -0.15) is 0 Å². The maximum Gasteiger partial charge on any atom is 0.254 e. The number of likely N-dealkylation sites (N-methyl/N-ethyl adjacent to an activating group) is 1. The Morgan fingerprint density at radius 3 is 2.50 bits per heavy atom. The SMILES string of the molecule is CN(C(=O)c1ccccc1)[C@@H](CCCCO)C(=O)N1CCNCC1. The van der Waals surface area contributed by atoms with Crippen LogP contribution in [0.5, 0.6) is 0 Å². The van der Waals surface area contributed by atoms with Crippen LogP contribution in [-0.2, 0) is 4.79 Å². The first-order chi connectivity index (χ1) is 11.6. The van der Waals surface area contributed by atoms with Gasteiger partial charge in [0.2, 0.25) is 5.91 Å². The fraction of sp³-hybridized carbons (Fsp3) is 0.556. The van der Waals surface area contributed by atoms with Crippen molar-refractivity contribution in [3.63, 3.8) is 0 Å². The fourth-order valence-corrected chi connectivity index (χ4v) is 2.95. The van der Waals surface area contributed by atoms with E-state index < -0.39 is 6.04 Å². The smallest absolute Gasteiger partial charge is 0.254 e. The molecule has 1 saturated heterocycles. The van der Waals surface area contributed by atoms with Crippen molar-refractivity contribution in [2.45, 2.75) is 25.3 Å². The van der Waals surface area contributed by atoms with Gasteiger partial charge in [0.15, 0.2) is 0 Å². The van der Waals surface area contributed by atoms with Crippen molar-refractivity contribution in [1.82, 2.24) is 15.1 Å². The third kappa shape index (κ3) is 4.79. The number of aliphatic hydroxyl groups is 1. The molecular formula is C18H27N3O3. The van der Waals surface area contributed by atoms with E-state index >= 15 is 0 Å². The summed E-state index contributed by atoms with van der Waals surface area (Å²) in [6.45, 7) is 3.01. The molecule has 2 rings (SSSR count). The number of amides is 2. The van der Waals surface area contributed by atoms with Gasteiger partial charge in [0.1, 0.15) is 6.04 Å². The molecule has 1 aromatic rings. The molecule has 2 amide bonds. The lowest BCUT2D eigenvalue weighted by Gasteiger charge is -2.35. The highest BCUT2D eigenvalue weighted by Gasteiger charge is 2.31. The van der Waals surface area contributed by atoms with Gasteiger partial charge < -0.3 is 20.2 Å². The number of carbonyl (C=O) groups excluding carboxylic acids is 2. The Kier molecular flexibility index (Phi) is 7.21. The third-order valence-electron chi connectivity index (χ3n) is 4.41. The van der Waals surface area contributed by atoms with E-state index in [1.807, 2.05) is 23.1 Å². The van der Waals surface area contributed by atoms with E-state index in [1.54, 1.807) is 24.1 Å². The second-order valence-corrected chi connectivity index (χ2v) is 6.09. The Hall–Kier alpha value is -1.92. The largest absolute Gasteiger partial charge is 0.396 e. The fourth-order valence-electron chi connectivity index (χ4n) is 2.95. The first-order valence-electron chi connectivity index (χ1n) is 8.57. The van der Waals surface area contributed by atoms with E-state index in [4.69, 9.17) is 5.11 Å². The second-order valence-electron chi connectivity index (χ2n) is 6.09. The van der Waals surface area contributed by atoms with Crippen LogP contribution in [-0.4, -0.2) is 72.6 Å². The summed E-state index contributed by atoms with van der Waals surface area (Å²) in [5.74, 6) is -0.144. The average Bonchev–Trinajstić information content (AvgIpc) is 2.65. The number of nitrogens with one attached hydrogen (secondary N) is 1. The van der Waals surface area contributed by atoms with E-state index in [2.05, 4.69) is 5.32 Å². The van der Waals surface area contributed by atoms with Gasteiger partial charge in [0.05, 0.1) is 0 Å². The van der Waals surface area contributed by atoms with Crippen molar-refractivity contribution in [1.29, 1.82) is 0 Å². The Bertz CT molecular complexity index is 530. The van der Waals surface area contributed by atoms with Crippen LogP contribution in [0, 0.1) is 0 Å². The Morgan fingerprint density at radius 2 is 1.88 bits per heavy atom. The maximum atomic E-state index is 12.9. The summed E-state index contributed by atoms with van der Waals surface area (Å²) in [6, 6.07) is 8.54. The van der Waals surface area contributed by atoms with Crippen LogP contribution < -0.4 is 5.32 Å². The number of hydrogen-bond donors (Lipinski definition) is 2. The minimum absolute atomic E-state index is 0.00113. The summed E-state index contributed by atoms with van der Waals surface area (Å²) < 4.78 is 0. The molecule has 24 heavy (non-hydrogen) atoms. The molecule has 0 spiro atoms. The van der Waals surface area contributed by atoms with Crippen molar-refractivity contribution in [2.24, 2.45) is 0 Å². The van der Waals surface area contributed by atoms with Crippen LogP contribution in [0.3, 0.4) is 0 Å². The quantitative estimate of drug-likeness (QED) is 0.721. The molecule has 2 N–H and O–H groups in total. The van der Waals surface area contributed by atoms with Gasteiger partial charge in [-0.3, -0.25) is 9.59 Å². The predicted octanol–water partition coefficient (Wildman–Crippen LogP) is 0.722. The van der Waals surface area contributed by atoms with E-state index in [9.17, 15) is 9.59 Å². The molecule has 0 aliphatic carbocycles. The number of aliphatic hydroxyl groups excluding tert-OH is 1. The molecule has 0 aromatic heterocycles. The highest BCUT2D eigenvalue weighted by molar-refractivity contribution is 5.97. The Morgan fingerprint density at radius 1 is 1.21 bits per heavy atom. The van der Waals surface area contributed by atoms with Crippen molar-refractivity contribution in [3.05, 3.63) is 35.9 Å². The first kappa shape index (κ1) is 18.4. The Labute approximate surface area is 143 Å². The number of benzene rings is 1. The number of piperazine rings is 1. The van der Waals surface area contributed by atoms with Crippen LogP contribution in [0.25, 0.3) is 0 Å². The summed E-state index contributed by atoms with van der Waals surface area (Å²) in [7, 11) is 1.69. The lowest BCUT2D eigenvalue weighted by Crippen LogP contribution is -2.54. The van der Waals surface area contributed by atoms with E-state index in [-0.39, 0.29) is 18.4 Å². The minimum Gasteiger partial charge on any atom is -0.396 e. The van der Waals surface area contributed by atoms with Crippen molar-refractivity contribution in [3.8, 4) is 0 Å². The van der Waals surface area contributed by atoms with E-state index in [1.165, 1.54) is 0 Å². The summed E-state index contributed by atoms with van der Waals surface area (Å²) >= 11 is 0. The molecule has 0 radical (unpaired) electrons. The van der Waals surface area contributed by atoms with Gasteiger partial charge in [0, 0.05) is 45.4 Å². The summed E-state index contributed by atoms with van der Waals surface area (Å²) in [5.41, 5.74) is 0.584. The van der Waals surface area contributed by atoms with Crippen LogP contribution in [0.15, 0.2) is 30.3 Å². The minimum atomic E-state index is -0.484. The molecule has 6 heteroatoms. The van der Waals surface area contributed by atoms with E-state index in [0.29, 0.717) is 37.9 Å². The van der Waals surface area contributed by atoms with Crippen molar-refractivity contribution < 1.29 is 14.7 Å². The summed E-state index contributed by atoms with van der Waals surface area (Å²) in [6.07, 6.45) is 1.92. The topological polar surface area (TPSA) is 72.9 Å². The predicted molar refractivity (Wildman–Crippen MR) is 92.7 cm³/mol. The monoisotopic (exact) mass is 333 g/mol. The van der Waals surface area contributed by atoms with Gasteiger partial charge >= 0.3 is 0 Å². The van der Waals surface area contributed by atoms with Gasteiger partial charge in [-0.15, -0.1) is 0 Å². The zero-order valence-electron chi connectivity index (χ0n) is 14.3. The van der Waals surface area contributed by atoms with E-state index in [0.717, 1.165) is 13.1 Å². The standard InChI is InChI=1S/C18H27N3O3/c1-20(17(23)15-7-3-2-4-8-15)16(9-5-6-14-22)18(24)21-12-10-19-11-13-21/h2-4,7-8,16,19,22H,5-6,9-14H2,1H3/t16-/m0/s1.